The van der Waals surface area contributed by atoms with Crippen LogP contribution in [0.2, 0.25) is 0 Å². The molecule has 1 aromatic rings. The molecule has 0 aliphatic heterocycles. The van der Waals surface area contributed by atoms with Gasteiger partial charge in [0.15, 0.2) is 5.82 Å². The maximum atomic E-state index is 11.5. The summed E-state index contributed by atoms with van der Waals surface area (Å²) in [7, 11) is 1.38. The lowest BCUT2D eigenvalue weighted by molar-refractivity contribution is -0.136. The quantitative estimate of drug-likeness (QED) is 0.732. The molecule has 17 heavy (non-hydrogen) atoms. The molecule has 2 N–H and O–H groups in total. The summed E-state index contributed by atoms with van der Waals surface area (Å²) in [6.07, 6.45) is 1.25. The van der Waals surface area contributed by atoms with Crippen LogP contribution in [0.3, 0.4) is 0 Å². The molecular weight excluding hydrogens is 226 g/mol. The van der Waals surface area contributed by atoms with Crippen LogP contribution in [-0.4, -0.2) is 41.2 Å². The number of H-pyrrole nitrogens is 1. The van der Waals surface area contributed by atoms with Gasteiger partial charge in [-0.15, -0.1) is 0 Å². The second-order valence-corrected chi connectivity index (χ2v) is 3.31. The van der Waals surface area contributed by atoms with Crippen LogP contribution in [0.15, 0.2) is 11.1 Å². The van der Waals surface area contributed by atoms with Crippen LogP contribution in [0.25, 0.3) is 0 Å². The van der Waals surface area contributed by atoms with E-state index in [0.29, 0.717) is 12.4 Å². The van der Waals surface area contributed by atoms with E-state index in [1.54, 1.807) is 4.90 Å². The highest BCUT2D eigenvalue weighted by molar-refractivity contribution is 5.67. The van der Waals surface area contributed by atoms with Gasteiger partial charge in [0.2, 0.25) is 5.75 Å². The average molecular weight is 241 g/mol. The molecule has 0 bridgehead atoms. The summed E-state index contributed by atoms with van der Waals surface area (Å²) in [5.74, 6) is -0.438. The third-order valence-corrected chi connectivity index (χ3v) is 2.27. The number of carboxylic acids is 1. The number of hydrogen-bond acceptors (Lipinski definition) is 5. The summed E-state index contributed by atoms with van der Waals surface area (Å²) >= 11 is 0. The minimum absolute atomic E-state index is 0.0223. The fourth-order valence-electron chi connectivity index (χ4n) is 1.43. The van der Waals surface area contributed by atoms with Crippen molar-refractivity contribution in [1.82, 2.24) is 9.97 Å². The van der Waals surface area contributed by atoms with E-state index in [-0.39, 0.29) is 24.3 Å². The number of carboxylic acid groups (broad SMARTS) is 1. The summed E-state index contributed by atoms with van der Waals surface area (Å²) in [5.41, 5.74) is -0.383. The van der Waals surface area contributed by atoms with Gasteiger partial charge < -0.3 is 19.7 Å². The number of carbonyl (C=O) groups is 1. The first-order valence-electron chi connectivity index (χ1n) is 5.18. The number of methoxy groups -OCH3 is 1. The van der Waals surface area contributed by atoms with Crippen LogP contribution in [0.4, 0.5) is 5.82 Å². The highest BCUT2D eigenvalue weighted by atomic mass is 16.5. The average Bonchev–Trinajstić information content (AvgIpc) is 2.29. The minimum atomic E-state index is -0.896. The molecule has 94 valence electrons. The molecule has 0 atom stereocenters. The second-order valence-electron chi connectivity index (χ2n) is 3.31. The Labute approximate surface area is 98.1 Å². The number of rotatable bonds is 6. The SMILES string of the molecule is CCN(CCC(=O)O)c1nc[nH]c(=O)c1OC. The fourth-order valence-corrected chi connectivity index (χ4v) is 1.43. The summed E-state index contributed by atoms with van der Waals surface area (Å²) in [4.78, 5) is 30.1. The van der Waals surface area contributed by atoms with Gasteiger partial charge in [-0.2, -0.15) is 0 Å². The minimum Gasteiger partial charge on any atom is -0.489 e. The maximum absolute atomic E-state index is 11.5. The van der Waals surface area contributed by atoms with Crippen molar-refractivity contribution in [3.05, 3.63) is 16.7 Å². The van der Waals surface area contributed by atoms with Crippen molar-refractivity contribution >= 4 is 11.8 Å². The molecule has 1 aromatic heterocycles. The van der Waals surface area contributed by atoms with Crippen LogP contribution in [0.1, 0.15) is 13.3 Å². The Balaban J connectivity index is 2.99. The fraction of sp³-hybridized carbons (Fsp3) is 0.500. The molecule has 1 heterocycles. The Bertz CT molecular complexity index is 443. The highest BCUT2D eigenvalue weighted by Gasteiger charge is 2.15. The summed E-state index contributed by atoms with van der Waals surface area (Å²) in [6.45, 7) is 2.67. The molecule has 0 aliphatic carbocycles. The van der Waals surface area contributed by atoms with Crippen molar-refractivity contribution in [3.63, 3.8) is 0 Å². The molecule has 0 amide bonds. The first-order chi connectivity index (χ1) is 8.10. The molecule has 7 nitrogen and oxygen atoms in total. The second kappa shape index (κ2) is 5.88. The Hall–Kier alpha value is -2.05. The monoisotopic (exact) mass is 241 g/mol. The summed E-state index contributed by atoms with van der Waals surface area (Å²) in [6, 6.07) is 0. The Morgan fingerprint density at radius 3 is 2.88 bits per heavy atom. The van der Waals surface area contributed by atoms with Gasteiger partial charge in [0.1, 0.15) is 0 Å². The molecule has 0 fully saturated rings. The molecule has 0 saturated carbocycles. The van der Waals surface area contributed by atoms with Gasteiger partial charge in [0.05, 0.1) is 19.9 Å². The van der Waals surface area contributed by atoms with E-state index < -0.39 is 5.97 Å². The predicted molar refractivity (Wildman–Crippen MR) is 61.5 cm³/mol. The predicted octanol–water partition coefficient (Wildman–Crippen LogP) is 0.0795. The van der Waals surface area contributed by atoms with Crippen molar-refractivity contribution in [1.29, 1.82) is 0 Å². The van der Waals surface area contributed by atoms with E-state index in [9.17, 15) is 9.59 Å². The van der Waals surface area contributed by atoms with Crippen molar-refractivity contribution in [3.8, 4) is 5.75 Å². The van der Waals surface area contributed by atoms with Crippen molar-refractivity contribution < 1.29 is 14.6 Å². The van der Waals surface area contributed by atoms with Gasteiger partial charge in [-0.05, 0) is 6.92 Å². The molecule has 0 radical (unpaired) electrons. The number of anilines is 1. The van der Waals surface area contributed by atoms with Crippen LogP contribution in [0.5, 0.6) is 5.75 Å². The Morgan fingerprint density at radius 1 is 1.65 bits per heavy atom. The van der Waals surface area contributed by atoms with Crippen LogP contribution in [-0.2, 0) is 4.79 Å². The third-order valence-electron chi connectivity index (χ3n) is 2.27. The Morgan fingerprint density at radius 2 is 2.35 bits per heavy atom. The van der Waals surface area contributed by atoms with E-state index in [4.69, 9.17) is 9.84 Å². The smallest absolute Gasteiger partial charge is 0.305 e. The van der Waals surface area contributed by atoms with Gasteiger partial charge in [-0.25, -0.2) is 4.98 Å². The zero-order valence-electron chi connectivity index (χ0n) is 9.77. The zero-order valence-corrected chi connectivity index (χ0v) is 9.77. The number of ether oxygens (including phenoxy) is 1. The molecule has 0 aromatic carbocycles. The van der Waals surface area contributed by atoms with E-state index >= 15 is 0 Å². The molecular formula is C10H15N3O4. The van der Waals surface area contributed by atoms with Gasteiger partial charge in [0.25, 0.3) is 5.56 Å². The van der Waals surface area contributed by atoms with E-state index in [1.807, 2.05) is 6.92 Å². The van der Waals surface area contributed by atoms with Crippen molar-refractivity contribution in [2.45, 2.75) is 13.3 Å². The first kappa shape index (κ1) is 13.0. The lowest BCUT2D eigenvalue weighted by Gasteiger charge is -2.22. The molecule has 0 spiro atoms. The molecule has 0 saturated heterocycles. The number of nitrogens with one attached hydrogen (secondary N) is 1. The number of aromatic amines is 1. The first-order valence-corrected chi connectivity index (χ1v) is 5.18. The maximum Gasteiger partial charge on any atom is 0.305 e. The number of aromatic nitrogens is 2. The van der Waals surface area contributed by atoms with Crippen molar-refractivity contribution in [2.75, 3.05) is 25.1 Å². The normalized spacial score (nSPS) is 10.0. The third kappa shape index (κ3) is 3.20. The number of aliphatic carboxylic acids is 1. The lowest BCUT2D eigenvalue weighted by Crippen LogP contribution is -2.29. The molecule has 1 rings (SSSR count). The van der Waals surface area contributed by atoms with Crippen molar-refractivity contribution in [2.24, 2.45) is 0 Å². The van der Waals surface area contributed by atoms with Crippen LogP contribution < -0.4 is 15.2 Å². The molecule has 7 heteroatoms. The van der Waals surface area contributed by atoms with Gasteiger partial charge in [-0.3, -0.25) is 9.59 Å². The topological polar surface area (TPSA) is 95.5 Å². The van der Waals surface area contributed by atoms with Crippen LogP contribution >= 0.6 is 0 Å². The summed E-state index contributed by atoms with van der Waals surface area (Å²) in [5, 5.41) is 8.64. The summed E-state index contributed by atoms with van der Waals surface area (Å²) < 4.78 is 4.97. The number of hydrogen-bond donors (Lipinski definition) is 2. The Kier molecular flexibility index (Phi) is 4.50. The lowest BCUT2D eigenvalue weighted by atomic mass is 10.3. The highest BCUT2D eigenvalue weighted by Crippen LogP contribution is 2.19. The standard InChI is InChI=1S/C10H15N3O4/c1-3-13(5-4-7(14)15)9-8(17-2)10(16)12-6-11-9/h6H,3-5H2,1-2H3,(H,14,15)(H,11,12,16). The zero-order chi connectivity index (χ0) is 12.8. The van der Waals surface area contributed by atoms with Crippen LogP contribution in [0, 0.1) is 0 Å². The number of nitrogens with zero attached hydrogens (tertiary/aromatic N) is 2. The largest absolute Gasteiger partial charge is 0.489 e. The molecule has 0 aliphatic rings. The van der Waals surface area contributed by atoms with Gasteiger partial charge >= 0.3 is 5.97 Å². The van der Waals surface area contributed by atoms with E-state index in [0.717, 1.165) is 0 Å². The van der Waals surface area contributed by atoms with E-state index in [2.05, 4.69) is 9.97 Å². The molecule has 0 unspecified atom stereocenters. The van der Waals surface area contributed by atoms with E-state index in [1.165, 1.54) is 13.4 Å². The van der Waals surface area contributed by atoms with Gasteiger partial charge in [0, 0.05) is 13.1 Å². The van der Waals surface area contributed by atoms with Gasteiger partial charge in [-0.1, -0.05) is 0 Å².